The highest BCUT2D eigenvalue weighted by Gasteiger charge is 2.12. The summed E-state index contributed by atoms with van der Waals surface area (Å²) in [6.07, 6.45) is 3.44. The van der Waals surface area contributed by atoms with Crippen molar-refractivity contribution in [3.8, 4) is 22.8 Å². The summed E-state index contributed by atoms with van der Waals surface area (Å²) >= 11 is 0. The number of nitrogens with one attached hydrogen (secondary N) is 2. The molecule has 26 heavy (non-hydrogen) atoms. The minimum Gasteiger partial charge on any atom is -0.307 e. The van der Waals surface area contributed by atoms with Crippen LogP contribution < -0.4 is 5.32 Å². The van der Waals surface area contributed by atoms with Crippen molar-refractivity contribution >= 4 is 11.8 Å². The van der Waals surface area contributed by atoms with Crippen molar-refractivity contribution < 1.29 is 0 Å². The van der Waals surface area contributed by atoms with Crippen LogP contribution in [0.2, 0.25) is 0 Å². The van der Waals surface area contributed by atoms with E-state index in [1.807, 2.05) is 56.3 Å². The van der Waals surface area contributed by atoms with Gasteiger partial charge < -0.3 is 5.32 Å². The number of hydrogen-bond acceptors (Lipinski definition) is 6. The second-order valence-electron chi connectivity index (χ2n) is 5.92. The van der Waals surface area contributed by atoms with Crippen LogP contribution in [0, 0.1) is 13.8 Å². The van der Waals surface area contributed by atoms with E-state index in [0.717, 1.165) is 22.4 Å². The van der Waals surface area contributed by atoms with E-state index in [0.29, 0.717) is 23.4 Å². The Labute approximate surface area is 150 Å². The number of anilines is 2. The van der Waals surface area contributed by atoms with Crippen molar-refractivity contribution in [1.29, 1.82) is 0 Å². The van der Waals surface area contributed by atoms with Gasteiger partial charge in [-0.25, -0.2) is 4.98 Å². The van der Waals surface area contributed by atoms with E-state index >= 15 is 0 Å². The molecular formula is C19H17N7. The maximum absolute atomic E-state index is 4.66. The molecule has 0 aliphatic heterocycles. The van der Waals surface area contributed by atoms with Gasteiger partial charge in [-0.1, -0.05) is 24.3 Å². The molecular weight excluding hydrogens is 326 g/mol. The summed E-state index contributed by atoms with van der Waals surface area (Å²) in [6.45, 7) is 3.97. The Bertz CT molecular complexity index is 1040. The summed E-state index contributed by atoms with van der Waals surface area (Å²) in [5.41, 5.74) is 3.89. The number of hydrogen-bond donors (Lipinski definition) is 2. The Balaban J connectivity index is 1.83. The lowest BCUT2D eigenvalue weighted by molar-refractivity contribution is 1.03. The molecule has 0 aliphatic rings. The normalized spacial score (nSPS) is 10.7. The van der Waals surface area contributed by atoms with Gasteiger partial charge in [0.1, 0.15) is 0 Å². The molecule has 0 radical (unpaired) electrons. The molecule has 1 aromatic carbocycles. The van der Waals surface area contributed by atoms with Crippen molar-refractivity contribution in [3.05, 3.63) is 66.1 Å². The van der Waals surface area contributed by atoms with Crippen molar-refractivity contribution in [3.63, 3.8) is 0 Å². The van der Waals surface area contributed by atoms with Crippen LogP contribution in [-0.4, -0.2) is 30.1 Å². The molecule has 0 spiro atoms. The second kappa shape index (κ2) is 6.72. The van der Waals surface area contributed by atoms with Crippen LogP contribution in [-0.2, 0) is 0 Å². The number of aromatic amines is 1. The molecule has 0 amide bonds. The van der Waals surface area contributed by atoms with Crippen LogP contribution in [0.3, 0.4) is 0 Å². The van der Waals surface area contributed by atoms with Crippen molar-refractivity contribution in [2.75, 3.05) is 5.32 Å². The molecule has 2 N–H and O–H groups in total. The van der Waals surface area contributed by atoms with E-state index in [9.17, 15) is 0 Å². The number of pyridine rings is 1. The summed E-state index contributed by atoms with van der Waals surface area (Å²) in [6, 6.07) is 13.7. The predicted molar refractivity (Wildman–Crippen MR) is 99.8 cm³/mol. The first-order valence-corrected chi connectivity index (χ1v) is 8.20. The molecule has 3 heterocycles. The number of aromatic nitrogens is 6. The highest BCUT2D eigenvalue weighted by Crippen LogP contribution is 2.24. The maximum atomic E-state index is 4.66. The van der Waals surface area contributed by atoms with Gasteiger partial charge in [0.25, 0.3) is 0 Å². The van der Waals surface area contributed by atoms with Crippen LogP contribution in [0.4, 0.5) is 11.8 Å². The van der Waals surface area contributed by atoms with Crippen LogP contribution in [0.1, 0.15) is 11.3 Å². The average molecular weight is 343 g/mol. The van der Waals surface area contributed by atoms with Gasteiger partial charge in [-0.15, -0.1) is 0 Å². The van der Waals surface area contributed by atoms with Gasteiger partial charge in [-0.3, -0.25) is 10.1 Å². The molecule has 4 aromatic rings. The fraction of sp³-hybridized carbons (Fsp3) is 0.105. The van der Waals surface area contributed by atoms with E-state index in [4.69, 9.17) is 0 Å². The number of aryl methyl sites for hydroxylation is 2. The van der Waals surface area contributed by atoms with Crippen molar-refractivity contribution in [2.24, 2.45) is 0 Å². The number of nitrogens with zero attached hydrogens (tertiary/aromatic N) is 5. The summed E-state index contributed by atoms with van der Waals surface area (Å²) in [5.74, 6) is 2.29. The number of H-pyrrole nitrogens is 1. The van der Waals surface area contributed by atoms with Gasteiger partial charge in [0.05, 0.1) is 0 Å². The van der Waals surface area contributed by atoms with Crippen molar-refractivity contribution in [1.82, 2.24) is 30.1 Å². The second-order valence-corrected chi connectivity index (χ2v) is 5.92. The summed E-state index contributed by atoms with van der Waals surface area (Å²) in [5, 5.41) is 10.2. The van der Waals surface area contributed by atoms with E-state index in [-0.39, 0.29) is 0 Å². The smallest absolute Gasteiger partial charge is 0.232 e. The number of rotatable bonds is 4. The molecule has 3 aromatic heterocycles. The minimum absolute atomic E-state index is 0.441. The van der Waals surface area contributed by atoms with Crippen LogP contribution in [0.25, 0.3) is 22.8 Å². The average Bonchev–Trinajstić information content (AvgIpc) is 3.07. The minimum atomic E-state index is 0.441. The zero-order valence-electron chi connectivity index (χ0n) is 14.4. The SMILES string of the molecule is Cc1cc(Nc2nc(-c3ccncc3)nc(-c3ccccc3C)n2)n[nH]1. The standard InChI is InChI=1S/C19H17N7/c1-12-5-3-4-6-15(12)18-22-17(14-7-9-20-10-8-14)23-19(24-18)21-16-11-13(2)25-26-16/h3-11H,1-2H3,(H2,21,22,23,24,25,26). The number of benzene rings is 1. The Morgan fingerprint density at radius 1 is 0.885 bits per heavy atom. The molecule has 0 bridgehead atoms. The summed E-state index contributed by atoms with van der Waals surface area (Å²) < 4.78 is 0. The maximum Gasteiger partial charge on any atom is 0.232 e. The van der Waals surface area contributed by atoms with Gasteiger partial charge in [0.15, 0.2) is 17.5 Å². The Kier molecular flexibility index (Phi) is 4.10. The van der Waals surface area contributed by atoms with Gasteiger partial charge >= 0.3 is 0 Å². The Morgan fingerprint density at radius 3 is 2.38 bits per heavy atom. The molecule has 7 nitrogen and oxygen atoms in total. The first-order chi connectivity index (χ1) is 12.7. The van der Waals surface area contributed by atoms with Gasteiger partial charge in [-0.05, 0) is 31.5 Å². The third kappa shape index (κ3) is 3.27. The van der Waals surface area contributed by atoms with Gasteiger partial charge in [0, 0.05) is 35.3 Å². The predicted octanol–water partition coefficient (Wildman–Crippen LogP) is 3.68. The van der Waals surface area contributed by atoms with Gasteiger partial charge in [-0.2, -0.15) is 15.1 Å². The highest BCUT2D eigenvalue weighted by atomic mass is 15.2. The van der Waals surface area contributed by atoms with E-state index in [2.05, 4.69) is 35.5 Å². The fourth-order valence-electron chi connectivity index (χ4n) is 2.60. The van der Waals surface area contributed by atoms with E-state index in [1.54, 1.807) is 12.4 Å². The Morgan fingerprint density at radius 2 is 1.65 bits per heavy atom. The zero-order valence-corrected chi connectivity index (χ0v) is 14.4. The van der Waals surface area contributed by atoms with Gasteiger partial charge in [0.2, 0.25) is 5.95 Å². The van der Waals surface area contributed by atoms with Crippen LogP contribution in [0.15, 0.2) is 54.9 Å². The van der Waals surface area contributed by atoms with Crippen LogP contribution >= 0.6 is 0 Å². The first-order valence-electron chi connectivity index (χ1n) is 8.20. The van der Waals surface area contributed by atoms with E-state index in [1.165, 1.54) is 0 Å². The molecule has 0 fully saturated rings. The molecule has 0 saturated heterocycles. The monoisotopic (exact) mass is 343 g/mol. The summed E-state index contributed by atoms with van der Waals surface area (Å²) in [7, 11) is 0. The largest absolute Gasteiger partial charge is 0.307 e. The summed E-state index contributed by atoms with van der Waals surface area (Å²) in [4.78, 5) is 17.9. The Hall–Kier alpha value is -3.61. The zero-order chi connectivity index (χ0) is 17.9. The molecule has 128 valence electrons. The lowest BCUT2D eigenvalue weighted by Gasteiger charge is -2.09. The van der Waals surface area contributed by atoms with Crippen molar-refractivity contribution in [2.45, 2.75) is 13.8 Å². The molecule has 0 saturated carbocycles. The molecule has 7 heteroatoms. The van der Waals surface area contributed by atoms with E-state index < -0.39 is 0 Å². The first kappa shape index (κ1) is 15.9. The van der Waals surface area contributed by atoms with Crippen LogP contribution in [0.5, 0.6) is 0 Å². The molecule has 0 atom stereocenters. The molecule has 4 rings (SSSR count). The fourth-order valence-corrected chi connectivity index (χ4v) is 2.60. The topological polar surface area (TPSA) is 92.3 Å². The third-order valence-corrected chi connectivity index (χ3v) is 3.91. The lowest BCUT2D eigenvalue weighted by atomic mass is 10.1. The molecule has 0 unspecified atom stereocenters. The quantitative estimate of drug-likeness (QED) is 0.587. The third-order valence-electron chi connectivity index (χ3n) is 3.91. The molecule has 0 aliphatic carbocycles. The highest BCUT2D eigenvalue weighted by molar-refractivity contribution is 5.66. The lowest BCUT2D eigenvalue weighted by Crippen LogP contribution is -2.04.